The van der Waals surface area contributed by atoms with E-state index in [-0.39, 0.29) is 10.8 Å². The molecule has 2 aliphatic carbocycles. The molecule has 8 aromatic rings. The minimum Gasteiger partial charge on any atom is -0.310 e. The molecule has 1 heteroatoms. The van der Waals surface area contributed by atoms with Gasteiger partial charge in [0.25, 0.3) is 0 Å². The van der Waals surface area contributed by atoms with Crippen molar-refractivity contribution in [1.82, 2.24) is 0 Å². The van der Waals surface area contributed by atoms with Crippen molar-refractivity contribution >= 4 is 17.1 Å². The molecule has 0 radical (unpaired) electrons. The third-order valence-corrected chi connectivity index (χ3v) is 12.7. The molecule has 0 aromatic heterocycles. The Balaban J connectivity index is 1.29. The van der Waals surface area contributed by atoms with Crippen LogP contribution in [0, 0.1) is 0 Å². The number of rotatable bonds is 5. The van der Waals surface area contributed by atoms with Gasteiger partial charge in [-0.15, -0.1) is 0 Å². The highest BCUT2D eigenvalue weighted by Gasteiger charge is 2.54. The van der Waals surface area contributed by atoms with Crippen LogP contribution in [-0.4, -0.2) is 0 Å². The molecular formula is C56H47N. The molecule has 0 aliphatic heterocycles. The Kier molecular flexibility index (Phi) is 8.03. The van der Waals surface area contributed by atoms with E-state index >= 15 is 0 Å². The highest BCUT2D eigenvalue weighted by atomic mass is 15.1. The molecule has 8 aromatic carbocycles. The van der Waals surface area contributed by atoms with Gasteiger partial charge in [-0.05, 0) is 103 Å². The monoisotopic (exact) mass is 733 g/mol. The van der Waals surface area contributed by atoms with Crippen LogP contribution in [0.25, 0.3) is 33.4 Å². The maximum absolute atomic E-state index is 2.53. The zero-order valence-corrected chi connectivity index (χ0v) is 33.4. The molecule has 0 saturated carbocycles. The summed E-state index contributed by atoms with van der Waals surface area (Å²) in [6.07, 6.45) is 0. The van der Waals surface area contributed by atoms with E-state index in [9.17, 15) is 0 Å². The van der Waals surface area contributed by atoms with Gasteiger partial charge in [-0.3, -0.25) is 0 Å². The van der Waals surface area contributed by atoms with E-state index in [0.29, 0.717) is 0 Å². The average molecular weight is 734 g/mol. The van der Waals surface area contributed by atoms with E-state index in [0.717, 1.165) is 17.1 Å². The molecule has 1 nitrogen and oxygen atoms in total. The Morgan fingerprint density at radius 2 is 0.895 bits per heavy atom. The van der Waals surface area contributed by atoms with Crippen molar-refractivity contribution in [3.63, 3.8) is 0 Å². The number of benzene rings is 8. The fourth-order valence-electron chi connectivity index (χ4n) is 10.1. The van der Waals surface area contributed by atoms with Crippen molar-refractivity contribution in [1.29, 1.82) is 0 Å². The predicted molar refractivity (Wildman–Crippen MR) is 240 cm³/mol. The van der Waals surface area contributed by atoms with Gasteiger partial charge >= 0.3 is 0 Å². The van der Waals surface area contributed by atoms with Crippen molar-refractivity contribution in [3.05, 3.63) is 233 Å². The van der Waals surface area contributed by atoms with Crippen LogP contribution in [0.2, 0.25) is 0 Å². The fraction of sp³-hybridized carbons (Fsp3) is 0.143. The van der Waals surface area contributed by atoms with Crippen molar-refractivity contribution in [3.8, 4) is 33.4 Å². The van der Waals surface area contributed by atoms with Crippen LogP contribution >= 0.6 is 0 Å². The smallest absolute Gasteiger partial charge is 0.0720 e. The first-order valence-corrected chi connectivity index (χ1v) is 20.3. The van der Waals surface area contributed by atoms with Gasteiger partial charge in [-0.25, -0.2) is 0 Å². The summed E-state index contributed by atoms with van der Waals surface area (Å²) in [4.78, 5) is 2.48. The van der Waals surface area contributed by atoms with Crippen LogP contribution in [0.5, 0.6) is 0 Å². The fourth-order valence-corrected chi connectivity index (χ4v) is 10.1. The molecule has 276 valence electrons. The number of hydrogen-bond donors (Lipinski definition) is 0. The summed E-state index contributed by atoms with van der Waals surface area (Å²) in [7, 11) is 0. The Bertz CT molecular complexity index is 2730. The summed E-state index contributed by atoms with van der Waals surface area (Å²) in [5, 5.41) is 0. The molecule has 10 rings (SSSR count). The topological polar surface area (TPSA) is 3.24 Å². The minimum absolute atomic E-state index is 0.0546. The number of anilines is 3. The van der Waals surface area contributed by atoms with Gasteiger partial charge in [0.2, 0.25) is 0 Å². The van der Waals surface area contributed by atoms with Crippen molar-refractivity contribution in [2.24, 2.45) is 0 Å². The Morgan fingerprint density at radius 3 is 1.53 bits per heavy atom. The maximum Gasteiger partial charge on any atom is 0.0720 e. The van der Waals surface area contributed by atoms with E-state index in [1.54, 1.807) is 0 Å². The largest absolute Gasteiger partial charge is 0.310 e. The van der Waals surface area contributed by atoms with Crippen LogP contribution in [-0.2, 0) is 16.2 Å². The maximum atomic E-state index is 2.53. The minimum atomic E-state index is -0.508. The van der Waals surface area contributed by atoms with Crippen LogP contribution < -0.4 is 4.90 Å². The molecule has 0 atom stereocenters. The molecule has 57 heavy (non-hydrogen) atoms. The van der Waals surface area contributed by atoms with Gasteiger partial charge in [-0.1, -0.05) is 198 Å². The standard InChI is InChI=1S/C56H47N/c1-54(2,3)49-28-18-29-50-53(49)44-36-35-42(37-51(44)56(50)47-26-15-13-24-45(47)55(4,5)46-25-14-16-27-48(46)56)57(41-33-31-39(32-34-41)38-19-8-6-9-20-38)52-30-17-12-23-43(52)40-21-10-7-11-22-40/h6-37H,1-5H3. The molecule has 2 aliphatic rings. The molecule has 0 fully saturated rings. The van der Waals surface area contributed by atoms with Gasteiger partial charge < -0.3 is 4.90 Å². The molecule has 1 spiro atoms. The van der Waals surface area contributed by atoms with E-state index in [1.165, 1.54) is 72.3 Å². The zero-order chi connectivity index (χ0) is 38.9. The van der Waals surface area contributed by atoms with Gasteiger partial charge in [0.15, 0.2) is 0 Å². The van der Waals surface area contributed by atoms with Crippen molar-refractivity contribution in [2.45, 2.75) is 50.9 Å². The lowest BCUT2D eigenvalue weighted by Crippen LogP contribution is -2.40. The van der Waals surface area contributed by atoms with E-state index < -0.39 is 5.41 Å². The normalized spacial score (nSPS) is 14.3. The quantitative estimate of drug-likeness (QED) is 0.170. The van der Waals surface area contributed by atoms with Gasteiger partial charge in [0, 0.05) is 22.4 Å². The summed E-state index contributed by atoms with van der Waals surface area (Å²) in [5.74, 6) is 0. The summed E-state index contributed by atoms with van der Waals surface area (Å²) in [6, 6.07) is 72.3. The Labute approximate surface area is 337 Å². The second-order valence-corrected chi connectivity index (χ2v) is 17.3. The highest BCUT2D eigenvalue weighted by Crippen LogP contribution is 2.64. The van der Waals surface area contributed by atoms with Crippen LogP contribution in [0.1, 0.15) is 73.6 Å². The summed E-state index contributed by atoms with van der Waals surface area (Å²) in [5.41, 5.74) is 19.8. The van der Waals surface area contributed by atoms with Gasteiger partial charge in [0.05, 0.1) is 11.1 Å². The number of para-hydroxylation sites is 1. The van der Waals surface area contributed by atoms with Crippen molar-refractivity contribution in [2.75, 3.05) is 4.90 Å². The summed E-state index contributed by atoms with van der Waals surface area (Å²) < 4.78 is 0. The second-order valence-electron chi connectivity index (χ2n) is 17.3. The molecule has 0 bridgehead atoms. The first-order chi connectivity index (χ1) is 27.7. The summed E-state index contributed by atoms with van der Waals surface area (Å²) in [6.45, 7) is 11.9. The first-order valence-electron chi connectivity index (χ1n) is 20.3. The Hall–Kier alpha value is -6.44. The third-order valence-electron chi connectivity index (χ3n) is 12.7. The summed E-state index contributed by atoms with van der Waals surface area (Å²) >= 11 is 0. The number of hydrogen-bond acceptors (Lipinski definition) is 1. The van der Waals surface area contributed by atoms with E-state index in [1.807, 2.05) is 0 Å². The zero-order valence-electron chi connectivity index (χ0n) is 33.4. The van der Waals surface area contributed by atoms with E-state index in [4.69, 9.17) is 0 Å². The Morgan fingerprint density at radius 1 is 0.386 bits per heavy atom. The van der Waals surface area contributed by atoms with Crippen molar-refractivity contribution < 1.29 is 0 Å². The van der Waals surface area contributed by atoms with E-state index in [2.05, 4.69) is 234 Å². The van der Waals surface area contributed by atoms with Gasteiger partial charge in [0.1, 0.15) is 0 Å². The number of fused-ring (bicyclic) bond motifs is 9. The molecule has 0 N–H and O–H groups in total. The lowest BCUT2D eigenvalue weighted by Gasteiger charge is -2.47. The van der Waals surface area contributed by atoms with Crippen LogP contribution in [0.3, 0.4) is 0 Å². The lowest BCUT2D eigenvalue weighted by atomic mass is 9.55. The lowest BCUT2D eigenvalue weighted by molar-refractivity contribution is 0.561. The van der Waals surface area contributed by atoms with Gasteiger partial charge in [-0.2, -0.15) is 0 Å². The average Bonchev–Trinajstić information content (AvgIpc) is 3.54. The van der Waals surface area contributed by atoms with Crippen LogP contribution in [0.4, 0.5) is 17.1 Å². The molecule has 0 saturated heterocycles. The number of nitrogens with zero attached hydrogens (tertiary/aromatic N) is 1. The SMILES string of the molecule is CC(C)(C)c1cccc2c1-c1ccc(N(c3ccc(-c4ccccc4)cc3)c3ccccc3-c3ccccc3)cc1C21c2ccccc2C(C)(C)c2ccccc21. The molecule has 0 amide bonds. The molecule has 0 unspecified atom stereocenters. The highest BCUT2D eigenvalue weighted by molar-refractivity contribution is 5.94. The molecular weight excluding hydrogens is 687 g/mol. The molecule has 0 heterocycles. The van der Waals surface area contributed by atoms with Crippen LogP contribution in [0.15, 0.2) is 194 Å². The second kappa shape index (κ2) is 13.1. The third kappa shape index (κ3) is 5.29. The first kappa shape index (κ1) is 35.0. The predicted octanol–water partition coefficient (Wildman–Crippen LogP) is 14.8.